The molecular formula is C25H17Cl2NO3. The lowest BCUT2D eigenvalue weighted by Gasteiger charge is -2.25. The normalized spacial score (nSPS) is 15.5. The van der Waals surface area contributed by atoms with Gasteiger partial charge in [-0.2, -0.15) is 0 Å². The third kappa shape index (κ3) is 3.32. The number of hydrogen-bond donors (Lipinski definition) is 0. The SMILES string of the molecule is Cc1ccc2oc3c(c(=O)c2c1)C(c1cccc(Cl)c1)N(Cc1ccccc1Cl)C3=O. The smallest absolute Gasteiger partial charge is 0.291 e. The molecule has 1 unspecified atom stereocenters. The zero-order valence-corrected chi connectivity index (χ0v) is 18.1. The Hall–Kier alpha value is -3.08. The highest BCUT2D eigenvalue weighted by Gasteiger charge is 2.42. The first-order valence-corrected chi connectivity index (χ1v) is 10.6. The summed E-state index contributed by atoms with van der Waals surface area (Å²) in [5.74, 6) is -0.280. The van der Waals surface area contributed by atoms with E-state index in [9.17, 15) is 9.59 Å². The van der Waals surface area contributed by atoms with E-state index in [1.165, 1.54) is 0 Å². The van der Waals surface area contributed by atoms with Crippen molar-refractivity contribution in [3.8, 4) is 0 Å². The van der Waals surface area contributed by atoms with Crippen LogP contribution in [0.3, 0.4) is 0 Å². The molecule has 6 heteroatoms. The molecule has 0 fully saturated rings. The van der Waals surface area contributed by atoms with Crippen molar-refractivity contribution in [2.75, 3.05) is 0 Å². The fourth-order valence-electron chi connectivity index (χ4n) is 4.13. The number of aryl methyl sites for hydroxylation is 1. The molecule has 1 atom stereocenters. The van der Waals surface area contributed by atoms with Crippen LogP contribution in [0.4, 0.5) is 0 Å². The Kier molecular flexibility index (Phi) is 4.84. The molecule has 0 saturated heterocycles. The van der Waals surface area contributed by atoms with Gasteiger partial charge in [0, 0.05) is 16.6 Å². The van der Waals surface area contributed by atoms with Gasteiger partial charge in [0.2, 0.25) is 5.76 Å². The van der Waals surface area contributed by atoms with Gasteiger partial charge in [-0.05, 0) is 48.4 Å². The Balaban J connectivity index is 1.75. The Morgan fingerprint density at radius 2 is 1.77 bits per heavy atom. The van der Waals surface area contributed by atoms with E-state index >= 15 is 0 Å². The number of hydrogen-bond acceptors (Lipinski definition) is 3. The fraction of sp³-hybridized carbons (Fsp3) is 0.120. The second kappa shape index (κ2) is 7.56. The Morgan fingerprint density at radius 3 is 2.55 bits per heavy atom. The van der Waals surface area contributed by atoms with Gasteiger partial charge in [0.15, 0.2) is 5.43 Å². The first-order valence-electron chi connectivity index (χ1n) is 9.81. The molecule has 0 bridgehead atoms. The minimum Gasteiger partial charge on any atom is -0.450 e. The summed E-state index contributed by atoms with van der Waals surface area (Å²) in [7, 11) is 0. The number of carbonyl (C=O) groups excluding carboxylic acids is 1. The number of amides is 1. The highest BCUT2D eigenvalue weighted by molar-refractivity contribution is 6.31. The summed E-state index contributed by atoms with van der Waals surface area (Å²) in [6.45, 7) is 2.14. The molecule has 4 nitrogen and oxygen atoms in total. The number of fused-ring (bicyclic) bond motifs is 2. The predicted octanol–water partition coefficient (Wildman–Crippen LogP) is 6.15. The minimum absolute atomic E-state index is 0.0679. The molecule has 0 N–H and O–H groups in total. The number of benzene rings is 3. The van der Waals surface area contributed by atoms with Gasteiger partial charge in [-0.15, -0.1) is 0 Å². The lowest BCUT2D eigenvalue weighted by atomic mass is 9.98. The van der Waals surface area contributed by atoms with E-state index in [1.807, 2.05) is 37.3 Å². The van der Waals surface area contributed by atoms with Crippen molar-refractivity contribution in [1.29, 1.82) is 0 Å². The number of nitrogens with zero attached hydrogens (tertiary/aromatic N) is 1. The van der Waals surface area contributed by atoms with Crippen molar-refractivity contribution >= 4 is 40.1 Å². The molecule has 1 aromatic heterocycles. The zero-order chi connectivity index (χ0) is 21.7. The second-order valence-corrected chi connectivity index (χ2v) is 8.50. The summed E-state index contributed by atoms with van der Waals surface area (Å²) in [4.78, 5) is 28.6. The van der Waals surface area contributed by atoms with Gasteiger partial charge in [-0.25, -0.2) is 0 Å². The molecule has 0 radical (unpaired) electrons. The van der Waals surface area contributed by atoms with Crippen molar-refractivity contribution in [2.24, 2.45) is 0 Å². The third-order valence-corrected chi connectivity index (χ3v) is 6.19. The summed E-state index contributed by atoms with van der Waals surface area (Å²) in [6, 6.07) is 19.3. The van der Waals surface area contributed by atoms with E-state index in [2.05, 4.69) is 0 Å². The van der Waals surface area contributed by atoms with Crippen LogP contribution in [0, 0.1) is 6.92 Å². The summed E-state index contributed by atoms with van der Waals surface area (Å²) in [5.41, 5.74) is 2.98. The van der Waals surface area contributed by atoms with E-state index in [1.54, 1.807) is 41.3 Å². The Bertz CT molecular complexity index is 1410. The van der Waals surface area contributed by atoms with E-state index in [4.69, 9.17) is 27.6 Å². The van der Waals surface area contributed by atoms with Gasteiger partial charge in [0.1, 0.15) is 5.58 Å². The highest BCUT2D eigenvalue weighted by Crippen LogP contribution is 2.40. The molecule has 4 aromatic rings. The Labute approximate surface area is 188 Å². The maximum atomic E-state index is 13.6. The van der Waals surface area contributed by atoms with Gasteiger partial charge in [0.05, 0.1) is 17.0 Å². The van der Waals surface area contributed by atoms with Crippen LogP contribution in [-0.2, 0) is 6.54 Å². The van der Waals surface area contributed by atoms with Crippen molar-refractivity contribution in [2.45, 2.75) is 19.5 Å². The standard InChI is InChI=1S/C25H17Cl2NO3/c1-14-9-10-20-18(11-14)23(29)21-22(15-6-4-7-17(26)12-15)28(25(30)24(21)31-20)13-16-5-2-3-8-19(16)27/h2-12,22H,13H2,1H3. The molecule has 3 aromatic carbocycles. The highest BCUT2D eigenvalue weighted by atomic mass is 35.5. The Morgan fingerprint density at radius 1 is 0.968 bits per heavy atom. The van der Waals surface area contributed by atoms with Crippen LogP contribution >= 0.6 is 23.2 Å². The molecule has 2 heterocycles. The third-order valence-electron chi connectivity index (χ3n) is 5.58. The van der Waals surface area contributed by atoms with Crippen molar-refractivity contribution < 1.29 is 9.21 Å². The molecular weight excluding hydrogens is 433 g/mol. The molecule has 0 spiro atoms. The van der Waals surface area contributed by atoms with Gasteiger partial charge >= 0.3 is 0 Å². The molecule has 31 heavy (non-hydrogen) atoms. The lowest BCUT2D eigenvalue weighted by Crippen LogP contribution is -2.29. The maximum absolute atomic E-state index is 13.6. The summed E-state index contributed by atoms with van der Waals surface area (Å²) in [5, 5.41) is 1.53. The van der Waals surface area contributed by atoms with E-state index < -0.39 is 6.04 Å². The van der Waals surface area contributed by atoms with Crippen molar-refractivity contribution in [1.82, 2.24) is 4.90 Å². The molecule has 1 aliphatic rings. The van der Waals surface area contributed by atoms with Gasteiger partial charge in [-0.1, -0.05) is 65.2 Å². The average molecular weight is 450 g/mol. The summed E-state index contributed by atoms with van der Waals surface area (Å²) in [6.07, 6.45) is 0. The monoisotopic (exact) mass is 449 g/mol. The maximum Gasteiger partial charge on any atom is 0.291 e. The number of rotatable bonds is 3. The molecule has 0 saturated carbocycles. The molecule has 0 aliphatic carbocycles. The topological polar surface area (TPSA) is 50.5 Å². The van der Waals surface area contributed by atoms with E-state index in [0.717, 1.165) is 16.7 Å². The van der Waals surface area contributed by atoms with Crippen LogP contribution in [0.25, 0.3) is 11.0 Å². The second-order valence-electron chi connectivity index (χ2n) is 7.66. The van der Waals surface area contributed by atoms with E-state index in [0.29, 0.717) is 26.6 Å². The van der Waals surface area contributed by atoms with Crippen molar-refractivity contribution in [3.05, 3.63) is 115 Å². The summed E-state index contributed by atoms with van der Waals surface area (Å²) >= 11 is 12.6. The molecule has 1 amide bonds. The molecule has 5 rings (SSSR count). The van der Waals surface area contributed by atoms with Crippen LogP contribution < -0.4 is 5.43 Å². The first kappa shape index (κ1) is 19.9. The van der Waals surface area contributed by atoms with Gasteiger partial charge in [-0.3, -0.25) is 9.59 Å². The van der Waals surface area contributed by atoms with Gasteiger partial charge < -0.3 is 9.32 Å². The summed E-state index contributed by atoms with van der Waals surface area (Å²) < 4.78 is 5.98. The van der Waals surface area contributed by atoms with Crippen LogP contribution in [-0.4, -0.2) is 10.8 Å². The zero-order valence-electron chi connectivity index (χ0n) is 16.6. The lowest BCUT2D eigenvalue weighted by molar-refractivity contribution is 0.0714. The average Bonchev–Trinajstić information content (AvgIpc) is 3.02. The predicted molar refractivity (Wildman–Crippen MR) is 122 cm³/mol. The molecule has 1 aliphatic heterocycles. The first-order chi connectivity index (χ1) is 14.9. The van der Waals surface area contributed by atoms with Crippen LogP contribution in [0.15, 0.2) is 75.9 Å². The quantitative estimate of drug-likeness (QED) is 0.376. The van der Waals surface area contributed by atoms with Crippen LogP contribution in [0.2, 0.25) is 10.0 Å². The van der Waals surface area contributed by atoms with Crippen molar-refractivity contribution in [3.63, 3.8) is 0 Å². The number of halogens is 2. The fourth-order valence-corrected chi connectivity index (χ4v) is 4.52. The minimum atomic E-state index is -0.626. The van der Waals surface area contributed by atoms with Crippen LogP contribution in [0.1, 0.15) is 38.9 Å². The van der Waals surface area contributed by atoms with Gasteiger partial charge in [0.25, 0.3) is 5.91 Å². The molecule has 154 valence electrons. The number of carbonyl (C=O) groups is 1. The van der Waals surface area contributed by atoms with Crippen LogP contribution in [0.5, 0.6) is 0 Å². The van der Waals surface area contributed by atoms with E-state index in [-0.39, 0.29) is 23.6 Å². The largest absolute Gasteiger partial charge is 0.450 e.